The molecule has 0 fully saturated rings. The lowest BCUT2D eigenvalue weighted by Crippen LogP contribution is -2.37. The Labute approximate surface area is 623 Å². The zero-order chi connectivity index (χ0) is 72.5. The zero-order valence-electron chi connectivity index (χ0n) is 67.4. The van der Waals surface area contributed by atoms with Crippen molar-refractivity contribution in [2.75, 3.05) is 47.5 Å². The number of rotatable bonds is 83. The van der Waals surface area contributed by atoms with E-state index < -0.39 is 26.5 Å². The van der Waals surface area contributed by atoms with Gasteiger partial charge in [-0.1, -0.05) is 441 Å². The van der Waals surface area contributed by atoms with Crippen molar-refractivity contribution in [3.8, 4) is 0 Å². The summed E-state index contributed by atoms with van der Waals surface area (Å²) in [6, 6.07) is 0. The van der Waals surface area contributed by atoms with Crippen LogP contribution in [0.3, 0.4) is 0 Å². The van der Waals surface area contributed by atoms with Crippen LogP contribution in [0, 0.1) is 0 Å². The van der Waals surface area contributed by atoms with Crippen molar-refractivity contribution in [1.82, 2.24) is 0 Å². The highest BCUT2D eigenvalue weighted by atomic mass is 31.2. The molecule has 0 aromatic rings. The van der Waals surface area contributed by atoms with Gasteiger partial charge in [-0.25, -0.2) is 0 Å². The molecule has 0 rings (SSSR count). The molecule has 0 amide bonds. The third-order valence-corrected chi connectivity index (χ3v) is 21.0. The number of esters is 2. The highest BCUT2D eigenvalue weighted by molar-refractivity contribution is 7.45. The molecule has 10 heteroatoms. The van der Waals surface area contributed by atoms with E-state index in [-0.39, 0.29) is 32.0 Å². The van der Waals surface area contributed by atoms with Crippen LogP contribution in [-0.2, 0) is 32.7 Å². The molecule has 0 aliphatic rings. The number of hydrogen-bond acceptors (Lipinski definition) is 8. The minimum atomic E-state index is -4.65. The first-order chi connectivity index (χ1) is 49.0. The first kappa shape index (κ1) is 97.7. The van der Waals surface area contributed by atoms with Crippen molar-refractivity contribution in [1.29, 1.82) is 0 Å². The van der Waals surface area contributed by atoms with Gasteiger partial charge in [0.15, 0.2) is 6.10 Å². The monoisotopic (exact) mass is 1420 g/mol. The second-order valence-corrected chi connectivity index (χ2v) is 32.7. The van der Waals surface area contributed by atoms with Gasteiger partial charge in [0.2, 0.25) is 0 Å². The Hall–Kier alpha value is -2.29. The van der Waals surface area contributed by atoms with Crippen molar-refractivity contribution in [2.24, 2.45) is 0 Å². The van der Waals surface area contributed by atoms with Gasteiger partial charge in [-0.2, -0.15) is 0 Å². The van der Waals surface area contributed by atoms with Gasteiger partial charge < -0.3 is 27.9 Å². The van der Waals surface area contributed by atoms with Gasteiger partial charge in [0, 0.05) is 12.8 Å². The van der Waals surface area contributed by atoms with E-state index in [0.717, 1.165) is 64.2 Å². The van der Waals surface area contributed by atoms with Gasteiger partial charge in [0.25, 0.3) is 7.82 Å². The van der Waals surface area contributed by atoms with Crippen LogP contribution in [0.25, 0.3) is 0 Å². The highest BCUT2D eigenvalue weighted by Gasteiger charge is 2.22. The van der Waals surface area contributed by atoms with E-state index in [0.29, 0.717) is 17.4 Å². The number of phosphoric acid groups is 1. The highest BCUT2D eigenvalue weighted by Crippen LogP contribution is 2.38. The number of nitrogens with zero attached hydrogens (tertiary/aromatic N) is 1. The molecule has 588 valence electrons. The topological polar surface area (TPSA) is 111 Å². The number of unbranched alkanes of at least 4 members (excludes halogenated alkanes) is 59. The standard InChI is InChI=1S/C90H170NO8P/c1-6-8-10-12-14-16-18-20-22-24-26-28-30-32-34-36-38-40-42-44-45-47-49-51-53-55-57-59-61-63-65-67-69-71-73-75-77-79-81-83-90(93)99-88(87-98-100(94,95)97-85-84-91(3,4)5)86-96-89(92)82-80-78-76-74-72-70-68-66-64-62-60-58-56-54-52-50-48-46-43-41-39-37-35-33-31-29-27-25-23-21-19-17-15-13-11-9-7-2/h8,10,14,16,20,22,26,28,32,34,88H,6-7,9,11-13,15,17-19,21,23-25,27,29-31,33,35-87H2,1-5H3/b10-8-,16-14-,22-20-,28-26-,34-32-. The maximum Gasteiger partial charge on any atom is 0.306 e. The Bertz CT molecular complexity index is 1870. The number of ether oxygens (including phenoxy) is 2. The van der Waals surface area contributed by atoms with Gasteiger partial charge in [0.05, 0.1) is 27.7 Å². The fourth-order valence-corrected chi connectivity index (χ4v) is 14.1. The smallest absolute Gasteiger partial charge is 0.306 e. The maximum absolute atomic E-state index is 12.9. The predicted octanol–water partition coefficient (Wildman–Crippen LogP) is 29.0. The molecule has 0 radical (unpaired) electrons. The number of carbonyl (C=O) groups is 2. The quantitative estimate of drug-likeness (QED) is 0.0195. The van der Waals surface area contributed by atoms with Crippen LogP contribution in [0.1, 0.15) is 450 Å². The van der Waals surface area contributed by atoms with Crippen molar-refractivity contribution >= 4 is 19.8 Å². The van der Waals surface area contributed by atoms with E-state index in [1.807, 2.05) is 21.1 Å². The number of allylic oxidation sites excluding steroid dienone is 10. The minimum Gasteiger partial charge on any atom is -0.756 e. The molecule has 2 unspecified atom stereocenters. The van der Waals surface area contributed by atoms with E-state index in [4.69, 9.17) is 18.5 Å². The van der Waals surface area contributed by atoms with Crippen LogP contribution in [0.5, 0.6) is 0 Å². The molecular formula is C90H170NO8P. The van der Waals surface area contributed by atoms with Crippen molar-refractivity contribution in [2.45, 2.75) is 457 Å². The van der Waals surface area contributed by atoms with Crippen LogP contribution >= 0.6 is 7.82 Å². The molecule has 100 heavy (non-hydrogen) atoms. The Morgan fingerprint density at radius 2 is 0.570 bits per heavy atom. The second kappa shape index (κ2) is 80.8. The SMILES string of the molecule is CC/C=C\C/C=C\C/C=C\C/C=C\C/C=C\CCCCCCCCCCCCCCCCCCCCCCCCCC(=O)OC(COC(=O)CCCCCCCCCCCCCCCCCCCCCCCCCCCCCCCCCCCCCCC)COP(=O)([O-])OCC[N+](C)(C)C. The normalized spacial score (nSPS) is 13.2. The molecule has 0 N–H and O–H groups in total. The lowest BCUT2D eigenvalue weighted by molar-refractivity contribution is -0.870. The maximum atomic E-state index is 12.9. The largest absolute Gasteiger partial charge is 0.756 e. The number of phosphoric ester groups is 1. The summed E-state index contributed by atoms with van der Waals surface area (Å²) in [6.07, 6.45) is 110. The molecule has 9 nitrogen and oxygen atoms in total. The summed E-state index contributed by atoms with van der Waals surface area (Å²) in [4.78, 5) is 38.3. The molecule has 0 heterocycles. The third kappa shape index (κ3) is 84.6. The number of carbonyl (C=O) groups excluding carboxylic acids is 2. The predicted molar refractivity (Wildman–Crippen MR) is 434 cm³/mol. The summed E-state index contributed by atoms with van der Waals surface area (Å²) < 4.78 is 34.5. The molecule has 0 saturated heterocycles. The summed E-state index contributed by atoms with van der Waals surface area (Å²) >= 11 is 0. The second-order valence-electron chi connectivity index (χ2n) is 31.2. The molecule has 0 aromatic carbocycles. The number of hydrogen-bond donors (Lipinski definition) is 0. The molecule has 0 aliphatic heterocycles. The van der Waals surface area contributed by atoms with Crippen molar-refractivity contribution in [3.63, 3.8) is 0 Å². The van der Waals surface area contributed by atoms with E-state index in [1.54, 1.807) is 0 Å². The fraction of sp³-hybridized carbons (Fsp3) is 0.867. The lowest BCUT2D eigenvalue weighted by Gasteiger charge is -2.28. The molecular weight excluding hydrogens is 1250 g/mol. The van der Waals surface area contributed by atoms with E-state index >= 15 is 0 Å². The molecule has 0 spiro atoms. The summed E-state index contributed by atoms with van der Waals surface area (Å²) in [7, 11) is 1.19. The van der Waals surface area contributed by atoms with Crippen LogP contribution in [0.15, 0.2) is 60.8 Å². The summed E-state index contributed by atoms with van der Waals surface area (Å²) in [5, 5.41) is 0. The Morgan fingerprint density at radius 3 is 0.850 bits per heavy atom. The van der Waals surface area contributed by atoms with Gasteiger partial charge >= 0.3 is 11.9 Å². The van der Waals surface area contributed by atoms with Crippen LogP contribution in [0.2, 0.25) is 0 Å². The molecule has 0 aromatic heterocycles. The van der Waals surface area contributed by atoms with Gasteiger partial charge in [-0.15, -0.1) is 0 Å². The average molecular weight is 1430 g/mol. The minimum absolute atomic E-state index is 0.0277. The Morgan fingerprint density at radius 1 is 0.320 bits per heavy atom. The average Bonchev–Trinajstić information content (AvgIpc) is 1.07. The lowest BCUT2D eigenvalue weighted by atomic mass is 10.0. The first-order valence-electron chi connectivity index (χ1n) is 44.0. The molecule has 0 aliphatic carbocycles. The molecule has 0 saturated carbocycles. The first-order valence-corrected chi connectivity index (χ1v) is 45.5. The summed E-state index contributed by atoms with van der Waals surface area (Å²) in [6.45, 7) is 4.21. The summed E-state index contributed by atoms with van der Waals surface area (Å²) in [5.41, 5.74) is 0. The van der Waals surface area contributed by atoms with Crippen LogP contribution in [0.4, 0.5) is 0 Å². The van der Waals surface area contributed by atoms with Crippen LogP contribution < -0.4 is 4.89 Å². The van der Waals surface area contributed by atoms with Gasteiger partial charge in [-0.3, -0.25) is 14.2 Å². The van der Waals surface area contributed by atoms with Crippen molar-refractivity contribution in [3.05, 3.63) is 60.8 Å². The Balaban J connectivity index is 3.85. The number of quaternary nitrogens is 1. The zero-order valence-corrected chi connectivity index (χ0v) is 68.3. The third-order valence-electron chi connectivity index (χ3n) is 20.1. The van der Waals surface area contributed by atoms with Gasteiger partial charge in [0.1, 0.15) is 19.8 Å². The molecule has 2 atom stereocenters. The van der Waals surface area contributed by atoms with Crippen molar-refractivity contribution < 1.29 is 42.1 Å². The van der Waals surface area contributed by atoms with E-state index in [1.165, 1.54) is 353 Å². The molecule has 0 bridgehead atoms. The van der Waals surface area contributed by atoms with E-state index in [2.05, 4.69) is 74.6 Å². The van der Waals surface area contributed by atoms with E-state index in [9.17, 15) is 19.0 Å². The Kier molecular flexibility index (Phi) is 78.9. The van der Waals surface area contributed by atoms with Crippen LogP contribution in [-0.4, -0.2) is 70.0 Å². The summed E-state index contributed by atoms with van der Waals surface area (Å²) in [5.74, 6) is -0.806. The van der Waals surface area contributed by atoms with Gasteiger partial charge in [-0.05, 0) is 57.8 Å². The number of likely N-dealkylation sites (N-methyl/N-ethyl adjacent to an activating group) is 1. The fourth-order valence-electron chi connectivity index (χ4n) is 13.4.